The molecule has 1 aliphatic heterocycles. The maximum Gasteiger partial charge on any atom is 0.289 e. The first kappa shape index (κ1) is 15.7. The first-order chi connectivity index (χ1) is 11.1. The minimum absolute atomic E-state index is 0.106. The number of nitro groups is 1. The Hall–Kier alpha value is -2.19. The van der Waals surface area contributed by atoms with Crippen LogP contribution in [0.4, 0.5) is 11.5 Å². The predicted octanol–water partition coefficient (Wildman–Crippen LogP) is 2.32. The molecule has 2 N–H and O–H groups in total. The van der Waals surface area contributed by atoms with Gasteiger partial charge in [-0.15, -0.1) is 0 Å². The fourth-order valence-electron chi connectivity index (χ4n) is 2.84. The number of halogens is 1. The molecular weight excluding hydrogens is 322 g/mol. The molecule has 122 valence electrons. The molecular formula is C14H16ClN5O3. The summed E-state index contributed by atoms with van der Waals surface area (Å²) in [6, 6.07) is 1.31. The van der Waals surface area contributed by atoms with Gasteiger partial charge in [0.05, 0.1) is 9.95 Å². The van der Waals surface area contributed by atoms with E-state index >= 15 is 0 Å². The Morgan fingerprint density at radius 2 is 2.17 bits per heavy atom. The molecule has 9 heteroatoms. The number of aliphatic hydroxyl groups is 1. The average molecular weight is 338 g/mol. The molecule has 1 saturated heterocycles. The number of imidazole rings is 1. The summed E-state index contributed by atoms with van der Waals surface area (Å²) in [4.78, 5) is 23.3. The van der Waals surface area contributed by atoms with E-state index in [1.807, 2.05) is 4.90 Å². The van der Waals surface area contributed by atoms with E-state index in [2.05, 4.69) is 15.0 Å². The standard InChI is InChI=1S/C14H16ClN5O3/c15-11-7-10(20(22)23)8-18-14(11)19-5-1-9(2-6-19)12(21)13-16-3-4-17-13/h3-4,7-9,12,21H,1-2,5-6H2,(H,16,17). The highest BCUT2D eigenvalue weighted by Gasteiger charge is 2.29. The third kappa shape index (κ3) is 3.27. The van der Waals surface area contributed by atoms with Gasteiger partial charge in [-0.3, -0.25) is 10.1 Å². The lowest BCUT2D eigenvalue weighted by Crippen LogP contribution is -2.36. The summed E-state index contributed by atoms with van der Waals surface area (Å²) >= 11 is 6.11. The van der Waals surface area contributed by atoms with E-state index in [4.69, 9.17) is 11.6 Å². The molecule has 1 unspecified atom stereocenters. The average Bonchev–Trinajstić information content (AvgIpc) is 3.08. The van der Waals surface area contributed by atoms with Gasteiger partial charge in [-0.25, -0.2) is 9.97 Å². The molecule has 0 bridgehead atoms. The molecule has 2 aromatic heterocycles. The van der Waals surface area contributed by atoms with Gasteiger partial charge in [0.25, 0.3) is 5.69 Å². The van der Waals surface area contributed by atoms with Crippen molar-refractivity contribution in [2.75, 3.05) is 18.0 Å². The third-order valence-corrected chi connectivity index (χ3v) is 4.38. The number of nitrogens with one attached hydrogen (secondary N) is 1. The molecule has 1 atom stereocenters. The zero-order valence-corrected chi connectivity index (χ0v) is 13.0. The Bertz CT molecular complexity index is 686. The second-order valence-corrected chi connectivity index (χ2v) is 5.91. The van der Waals surface area contributed by atoms with Crippen LogP contribution in [0.3, 0.4) is 0 Å². The molecule has 0 radical (unpaired) electrons. The first-order valence-electron chi connectivity index (χ1n) is 7.28. The number of aromatic amines is 1. The SMILES string of the molecule is O=[N+]([O-])c1cnc(N2CCC(C(O)c3ncc[nH]3)CC2)c(Cl)c1. The van der Waals surface area contributed by atoms with Gasteiger partial charge in [-0.2, -0.15) is 0 Å². The molecule has 8 nitrogen and oxygen atoms in total. The highest BCUT2D eigenvalue weighted by molar-refractivity contribution is 6.33. The number of aliphatic hydroxyl groups excluding tert-OH is 1. The number of nitrogens with zero attached hydrogens (tertiary/aromatic N) is 4. The van der Waals surface area contributed by atoms with Crippen LogP contribution < -0.4 is 4.90 Å². The summed E-state index contributed by atoms with van der Waals surface area (Å²) < 4.78 is 0. The second-order valence-electron chi connectivity index (χ2n) is 5.50. The van der Waals surface area contributed by atoms with Crippen LogP contribution in [0.5, 0.6) is 0 Å². The first-order valence-corrected chi connectivity index (χ1v) is 7.66. The van der Waals surface area contributed by atoms with E-state index in [9.17, 15) is 15.2 Å². The highest BCUT2D eigenvalue weighted by atomic mass is 35.5. The normalized spacial score (nSPS) is 17.2. The van der Waals surface area contributed by atoms with Crippen LogP contribution in [0.1, 0.15) is 24.8 Å². The maximum atomic E-state index is 10.7. The lowest BCUT2D eigenvalue weighted by Gasteiger charge is -2.34. The number of rotatable bonds is 4. The Morgan fingerprint density at radius 1 is 1.43 bits per heavy atom. The third-order valence-electron chi connectivity index (χ3n) is 4.10. The van der Waals surface area contributed by atoms with Gasteiger partial charge >= 0.3 is 0 Å². The van der Waals surface area contributed by atoms with E-state index < -0.39 is 11.0 Å². The minimum atomic E-state index is -0.618. The predicted molar refractivity (Wildman–Crippen MR) is 84.4 cm³/mol. The molecule has 3 heterocycles. The zero-order valence-electron chi connectivity index (χ0n) is 12.2. The van der Waals surface area contributed by atoms with E-state index in [0.29, 0.717) is 24.7 Å². The van der Waals surface area contributed by atoms with Gasteiger partial charge in [-0.05, 0) is 18.8 Å². The van der Waals surface area contributed by atoms with Crippen LogP contribution in [0.15, 0.2) is 24.7 Å². The van der Waals surface area contributed by atoms with Crippen molar-refractivity contribution in [2.45, 2.75) is 18.9 Å². The molecule has 1 fully saturated rings. The summed E-state index contributed by atoms with van der Waals surface area (Å²) in [5, 5.41) is 21.3. The Balaban J connectivity index is 1.66. The monoisotopic (exact) mass is 337 g/mol. The number of anilines is 1. The molecule has 0 aliphatic carbocycles. The Labute approximate surface area is 137 Å². The summed E-state index contributed by atoms with van der Waals surface area (Å²) in [7, 11) is 0. The van der Waals surface area contributed by atoms with E-state index in [1.165, 1.54) is 12.3 Å². The molecule has 23 heavy (non-hydrogen) atoms. The Kier molecular flexibility index (Phi) is 4.44. The highest BCUT2D eigenvalue weighted by Crippen LogP contribution is 2.33. The van der Waals surface area contributed by atoms with Crippen LogP contribution in [-0.4, -0.2) is 38.1 Å². The van der Waals surface area contributed by atoms with Crippen LogP contribution in [-0.2, 0) is 0 Å². The molecule has 0 spiro atoms. The molecule has 1 aliphatic rings. The quantitative estimate of drug-likeness (QED) is 0.654. The fourth-order valence-corrected chi connectivity index (χ4v) is 3.12. The van der Waals surface area contributed by atoms with E-state index in [1.54, 1.807) is 12.4 Å². The van der Waals surface area contributed by atoms with E-state index in [-0.39, 0.29) is 16.6 Å². The minimum Gasteiger partial charge on any atom is -0.385 e. The number of piperidine rings is 1. The number of pyridine rings is 1. The van der Waals surface area contributed by atoms with Gasteiger partial charge in [0, 0.05) is 31.5 Å². The molecule has 2 aromatic rings. The van der Waals surface area contributed by atoms with Crippen molar-refractivity contribution in [2.24, 2.45) is 5.92 Å². The van der Waals surface area contributed by atoms with E-state index in [0.717, 1.165) is 12.8 Å². The van der Waals surface area contributed by atoms with Gasteiger partial charge in [0.15, 0.2) is 0 Å². The molecule has 0 amide bonds. The fraction of sp³-hybridized carbons (Fsp3) is 0.429. The second kappa shape index (κ2) is 6.51. The lowest BCUT2D eigenvalue weighted by atomic mass is 9.91. The van der Waals surface area contributed by atoms with Crippen LogP contribution in [0, 0.1) is 16.0 Å². The number of H-pyrrole nitrogens is 1. The van der Waals surface area contributed by atoms with Crippen molar-refractivity contribution >= 4 is 23.1 Å². The Morgan fingerprint density at radius 3 is 2.74 bits per heavy atom. The maximum absolute atomic E-state index is 10.7. The van der Waals surface area contributed by atoms with Crippen molar-refractivity contribution in [3.8, 4) is 0 Å². The van der Waals surface area contributed by atoms with Crippen LogP contribution in [0.2, 0.25) is 5.02 Å². The topological polar surface area (TPSA) is 108 Å². The summed E-state index contributed by atoms with van der Waals surface area (Å²) in [5.74, 6) is 1.23. The summed E-state index contributed by atoms with van der Waals surface area (Å²) in [6.07, 6.45) is 5.42. The van der Waals surface area contributed by atoms with Crippen molar-refractivity contribution in [3.05, 3.63) is 45.6 Å². The smallest absolute Gasteiger partial charge is 0.289 e. The zero-order chi connectivity index (χ0) is 16.4. The summed E-state index contributed by atoms with van der Waals surface area (Å²) in [6.45, 7) is 1.35. The van der Waals surface area contributed by atoms with Crippen LogP contribution in [0.25, 0.3) is 0 Å². The molecule has 0 saturated carbocycles. The molecule has 3 rings (SSSR count). The van der Waals surface area contributed by atoms with Gasteiger partial charge in [0.1, 0.15) is 23.9 Å². The van der Waals surface area contributed by atoms with Crippen molar-refractivity contribution in [1.29, 1.82) is 0 Å². The largest absolute Gasteiger partial charge is 0.385 e. The number of hydrogen-bond donors (Lipinski definition) is 2. The molecule has 0 aromatic carbocycles. The van der Waals surface area contributed by atoms with Crippen molar-refractivity contribution < 1.29 is 10.0 Å². The number of hydrogen-bond acceptors (Lipinski definition) is 6. The number of aromatic nitrogens is 3. The lowest BCUT2D eigenvalue weighted by molar-refractivity contribution is -0.385. The van der Waals surface area contributed by atoms with Gasteiger partial charge < -0.3 is 15.0 Å². The van der Waals surface area contributed by atoms with Crippen LogP contribution >= 0.6 is 11.6 Å². The van der Waals surface area contributed by atoms with Crippen molar-refractivity contribution in [1.82, 2.24) is 15.0 Å². The van der Waals surface area contributed by atoms with Gasteiger partial charge in [0.2, 0.25) is 0 Å². The summed E-state index contributed by atoms with van der Waals surface area (Å²) in [5.41, 5.74) is -0.123. The van der Waals surface area contributed by atoms with Crippen molar-refractivity contribution in [3.63, 3.8) is 0 Å². The van der Waals surface area contributed by atoms with Gasteiger partial charge in [-0.1, -0.05) is 11.6 Å².